The van der Waals surface area contributed by atoms with E-state index in [1.165, 1.54) is 0 Å². The van der Waals surface area contributed by atoms with Crippen molar-refractivity contribution in [3.05, 3.63) is 57.6 Å². The minimum absolute atomic E-state index is 0.122. The van der Waals surface area contributed by atoms with Crippen LogP contribution in [0.1, 0.15) is 304 Å². The van der Waals surface area contributed by atoms with Gasteiger partial charge >= 0.3 is 35.8 Å². The first-order chi connectivity index (χ1) is 44.1. The van der Waals surface area contributed by atoms with Gasteiger partial charge in [0.1, 0.15) is 49.1 Å². The van der Waals surface area contributed by atoms with E-state index in [9.17, 15) is 19.8 Å². The van der Waals surface area contributed by atoms with E-state index in [4.69, 9.17) is 28.4 Å². The number of nitrogens with one attached hydrogen (secondary N) is 4. The summed E-state index contributed by atoms with van der Waals surface area (Å²) in [5.41, 5.74) is -6.41. The summed E-state index contributed by atoms with van der Waals surface area (Å²) >= 11 is 0. The average molecular weight is 1370 g/mol. The van der Waals surface area contributed by atoms with Gasteiger partial charge in [0.25, 0.3) is 0 Å². The molecule has 4 aliphatic heterocycles. The molecule has 4 fully saturated rings. The number of aromatic hydroxyl groups is 2. The van der Waals surface area contributed by atoms with Crippen molar-refractivity contribution in [1.82, 2.24) is 21.3 Å². The first-order valence-corrected chi connectivity index (χ1v) is 36.1. The number of phenols is 2. The van der Waals surface area contributed by atoms with Crippen LogP contribution >= 0.6 is 0 Å². The monoisotopic (exact) mass is 1370 g/mol. The predicted octanol–water partition coefficient (Wildman–Crippen LogP) is 14.1. The summed E-state index contributed by atoms with van der Waals surface area (Å²) in [6.07, 6.45) is -1.01. The third-order valence-corrected chi connectivity index (χ3v) is 20.0. The number of piperidine rings is 4. The van der Waals surface area contributed by atoms with E-state index in [2.05, 4.69) is 21.3 Å². The first-order valence-electron chi connectivity index (χ1n) is 36.1. The summed E-state index contributed by atoms with van der Waals surface area (Å²) in [5, 5.41) is 38.4. The molecule has 0 atom stereocenters. The second-order valence-corrected chi connectivity index (χ2v) is 39.4. The quantitative estimate of drug-likeness (QED) is 0.0294. The van der Waals surface area contributed by atoms with Gasteiger partial charge in [-0.25, -0.2) is 0 Å². The molecule has 0 unspecified atom stereocenters. The van der Waals surface area contributed by atoms with Crippen LogP contribution in [0.2, 0.25) is 0 Å². The molecule has 6 rings (SSSR count). The molecule has 4 saturated heterocycles. The number of benzene rings is 2. The van der Waals surface area contributed by atoms with Gasteiger partial charge < -0.3 is 59.9 Å². The minimum Gasteiger partial charge on any atom is -0.507 e. The van der Waals surface area contributed by atoms with E-state index >= 15 is 19.2 Å². The van der Waals surface area contributed by atoms with Crippen LogP contribution in [0.5, 0.6) is 11.5 Å². The van der Waals surface area contributed by atoms with Crippen LogP contribution in [-0.2, 0) is 91.7 Å². The minimum atomic E-state index is -2.11. The van der Waals surface area contributed by atoms with E-state index in [-0.39, 0.29) is 37.2 Å². The Bertz CT molecular complexity index is 2800. The van der Waals surface area contributed by atoms with Crippen molar-refractivity contribution in [2.45, 2.75) is 374 Å². The Morgan fingerprint density at radius 2 is 0.541 bits per heavy atom. The standard InChI is InChI=1S/C80H130N4O14/c1-67(2,3)55-35-49(36-56(61(55)87)68(4,5)6)39-79(63(89)95-51-41-71(13,14)81-72(15,16)42-51,64(90)96-52-43-73(17,18)82-74(19,20)44-52)31-29-59(85)93-33-34-94-60(86)30-32-80(65(91)97-53-45-75(21,22)83-76(23,24)46-53,66(92)98-54-47-77(25,26)84-78(27,28)48-54)40-50-37-57(69(7,8)9)62(88)58(38-50)70(10,11)12/h35-38,51-54,81-84,87-88H,29-34,39-48H2,1-28H3. The van der Waals surface area contributed by atoms with Gasteiger partial charge in [0.05, 0.1) is 0 Å². The molecule has 554 valence electrons. The molecule has 0 amide bonds. The van der Waals surface area contributed by atoms with Crippen LogP contribution in [0, 0.1) is 10.8 Å². The van der Waals surface area contributed by atoms with Gasteiger partial charge in [-0.1, -0.05) is 107 Å². The molecule has 18 nitrogen and oxygen atoms in total. The number of carbonyl (C=O) groups is 6. The maximum Gasteiger partial charge on any atom is 0.324 e. The second kappa shape index (κ2) is 28.5. The van der Waals surface area contributed by atoms with Crippen molar-refractivity contribution in [1.29, 1.82) is 0 Å². The van der Waals surface area contributed by atoms with Crippen molar-refractivity contribution < 1.29 is 67.4 Å². The fraction of sp³-hybridized carbons (Fsp3) is 0.775. The molecule has 4 aliphatic rings. The van der Waals surface area contributed by atoms with E-state index in [1.807, 2.05) is 218 Å². The first kappa shape index (κ1) is 81.7. The van der Waals surface area contributed by atoms with Crippen LogP contribution < -0.4 is 21.3 Å². The van der Waals surface area contributed by atoms with Crippen molar-refractivity contribution in [2.75, 3.05) is 13.2 Å². The number of phenolic OH excluding ortho intramolecular Hbond substituents is 2. The number of rotatable bonds is 21. The lowest BCUT2D eigenvalue weighted by Crippen LogP contribution is -2.61. The predicted molar refractivity (Wildman–Crippen MR) is 385 cm³/mol. The molecule has 0 radical (unpaired) electrons. The Hall–Kier alpha value is -5.30. The number of ether oxygens (including phenoxy) is 6. The lowest BCUT2D eigenvalue weighted by atomic mass is 9.73. The van der Waals surface area contributed by atoms with Crippen molar-refractivity contribution in [3.63, 3.8) is 0 Å². The lowest BCUT2D eigenvalue weighted by molar-refractivity contribution is -0.186. The molecule has 0 bridgehead atoms. The molecular weight excluding hydrogens is 1240 g/mol. The fourth-order valence-electron chi connectivity index (χ4n) is 17.0. The van der Waals surface area contributed by atoms with Gasteiger partial charge in [-0.05, 0) is 192 Å². The molecule has 0 spiro atoms. The highest BCUT2D eigenvalue weighted by Gasteiger charge is 2.56. The van der Waals surface area contributed by atoms with Crippen LogP contribution in [-0.4, -0.2) is 128 Å². The SMILES string of the molecule is CC1(C)CC(OC(=O)C(CCC(=O)OCCOC(=O)CCC(Cc2cc(C(C)(C)C)c(O)c(C(C)(C)C)c2)(C(=O)OC2CC(C)(C)NC(C)(C)C2)C(=O)OC2CC(C)(C)NC(C)(C)C2)(Cc2cc(C(C)(C)C)c(O)c(C(C)(C)C)c2)C(=O)OC2CC(C)(C)NC(C)(C)C2)CC(C)(C)N1. The van der Waals surface area contributed by atoms with Gasteiger partial charge in [-0.2, -0.15) is 0 Å². The summed E-state index contributed by atoms with van der Waals surface area (Å²) in [6.45, 7) is 55.7. The Morgan fingerprint density at radius 3 is 0.714 bits per heavy atom. The van der Waals surface area contributed by atoms with Crippen LogP contribution in [0.25, 0.3) is 0 Å². The largest absolute Gasteiger partial charge is 0.507 e. The molecule has 4 heterocycles. The maximum absolute atomic E-state index is 15.7. The summed E-state index contributed by atoms with van der Waals surface area (Å²) < 4.78 is 38.1. The molecule has 18 heteroatoms. The number of hydrogen-bond acceptors (Lipinski definition) is 18. The highest BCUT2D eigenvalue weighted by molar-refractivity contribution is 6.02. The van der Waals surface area contributed by atoms with E-state index < -0.39 is 163 Å². The number of hydrogen-bond donors (Lipinski definition) is 6. The molecule has 0 saturated carbocycles. The number of carbonyl (C=O) groups excluding carboxylic acids is 6. The summed E-state index contributed by atoms with van der Waals surface area (Å²) in [4.78, 5) is 91.7. The lowest BCUT2D eigenvalue weighted by Gasteiger charge is -2.47. The highest BCUT2D eigenvalue weighted by atomic mass is 16.6. The summed E-state index contributed by atoms with van der Waals surface area (Å²) in [7, 11) is 0. The van der Waals surface area contributed by atoms with Crippen LogP contribution in [0.4, 0.5) is 0 Å². The normalized spacial score (nSPS) is 21.3. The summed E-state index contributed by atoms with van der Waals surface area (Å²) in [6, 6.07) is 7.34. The molecule has 2 aromatic rings. The maximum atomic E-state index is 15.7. The van der Waals surface area contributed by atoms with Crippen molar-refractivity contribution in [3.8, 4) is 11.5 Å². The van der Waals surface area contributed by atoms with Gasteiger partial charge in [-0.15, -0.1) is 0 Å². The van der Waals surface area contributed by atoms with Gasteiger partial charge in [0, 0.05) is 109 Å². The molecular formula is C80H130N4O14. The Balaban J connectivity index is 1.35. The molecule has 0 aliphatic carbocycles. The topological polar surface area (TPSA) is 246 Å². The van der Waals surface area contributed by atoms with Crippen LogP contribution in [0.15, 0.2) is 24.3 Å². The smallest absolute Gasteiger partial charge is 0.324 e. The highest BCUT2D eigenvalue weighted by Crippen LogP contribution is 2.47. The zero-order chi connectivity index (χ0) is 74.6. The Morgan fingerprint density at radius 1 is 0.357 bits per heavy atom. The third kappa shape index (κ3) is 21.6. The second-order valence-electron chi connectivity index (χ2n) is 39.4. The molecule has 6 N–H and O–H groups in total. The van der Waals surface area contributed by atoms with E-state index in [1.54, 1.807) is 0 Å². The van der Waals surface area contributed by atoms with Crippen molar-refractivity contribution in [2.24, 2.45) is 10.8 Å². The zero-order valence-electron chi connectivity index (χ0n) is 65.7. The van der Waals surface area contributed by atoms with E-state index in [0.717, 1.165) is 0 Å². The van der Waals surface area contributed by atoms with Gasteiger partial charge in [0.2, 0.25) is 0 Å². The van der Waals surface area contributed by atoms with Gasteiger partial charge in [0.15, 0.2) is 10.8 Å². The summed E-state index contributed by atoms with van der Waals surface area (Å²) in [5.74, 6) is -4.65. The molecule has 2 aromatic carbocycles. The third-order valence-electron chi connectivity index (χ3n) is 20.0. The Kier molecular flexibility index (Phi) is 23.7. The fourth-order valence-corrected chi connectivity index (χ4v) is 17.0. The molecule has 98 heavy (non-hydrogen) atoms. The Labute approximate surface area is 589 Å². The zero-order valence-corrected chi connectivity index (χ0v) is 65.7. The average Bonchev–Trinajstić information content (AvgIpc) is 0.763. The van der Waals surface area contributed by atoms with Crippen LogP contribution in [0.3, 0.4) is 0 Å². The van der Waals surface area contributed by atoms with Crippen molar-refractivity contribution >= 4 is 35.8 Å². The molecule has 0 aromatic heterocycles. The van der Waals surface area contributed by atoms with E-state index in [0.29, 0.717) is 84.7 Å². The number of esters is 6. The van der Waals surface area contributed by atoms with Gasteiger partial charge in [-0.3, -0.25) is 28.8 Å².